The molecule has 10 heteroatoms. The van der Waals surface area contributed by atoms with Gasteiger partial charge in [-0.1, -0.05) is 50.5 Å². The SMILES string of the molecule is CCc1nn(Cc2ccc(S(C)(=O)=O)cc2)cc1C1CCN(C[C@H]2CN(CC3(C(=O)O)CCCCC3)C[C@@H]2c2cccc(F)c2)CC1. The smallest absolute Gasteiger partial charge is 0.310 e. The number of hydrogen-bond donors (Lipinski definition) is 1. The lowest BCUT2D eigenvalue weighted by molar-refractivity contribution is -0.152. The number of likely N-dealkylation sites (tertiary alicyclic amines) is 2. The van der Waals surface area contributed by atoms with Crippen molar-refractivity contribution >= 4 is 15.8 Å². The van der Waals surface area contributed by atoms with Gasteiger partial charge in [-0.25, -0.2) is 12.8 Å². The lowest BCUT2D eigenvalue weighted by atomic mass is 9.73. The van der Waals surface area contributed by atoms with Crippen molar-refractivity contribution < 1.29 is 22.7 Å². The first-order valence-corrected chi connectivity index (χ1v) is 19.2. The fourth-order valence-electron chi connectivity index (χ4n) is 8.45. The highest BCUT2D eigenvalue weighted by atomic mass is 32.2. The molecule has 1 saturated carbocycles. The summed E-state index contributed by atoms with van der Waals surface area (Å²) >= 11 is 0. The summed E-state index contributed by atoms with van der Waals surface area (Å²) in [6, 6.07) is 14.0. The van der Waals surface area contributed by atoms with Crippen molar-refractivity contribution in [3.05, 3.63) is 82.9 Å². The molecule has 47 heavy (non-hydrogen) atoms. The van der Waals surface area contributed by atoms with Gasteiger partial charge in [-0.3, -0.25) is 9.48 Å². The second kappa shape index (κ2) is 14.2. The van der Waals surface area contributed by atoms with Gasteiger partial charge in [0.25, 0.3) is 0 Å². The van der Waals surface area contributed by atoms with Crippen LogP contribution in [0.25, 0.3) is 0 Å². The van der Waals surface area contributed by atoms with Crippen molar-refractivity contribution in [1.29, 1.82) is 0 Å². The maximum Gasteiger partial charge on any atom is 0.310 e. The molecule has 1 aliphatic carbocycles. The number of benzene rings is 2. The molecule has 2 atom stereocenters. The number of rotatable bonds is 11. The predicted molar refractivity (Wildman–Crippen MR) is 181 cm³/mol. The molecule has 3 aliphatic rings. The molecule has 3 heterocycles. The summed E-state index contributed by atoms with van der Waals surface area (Å²) in [6.45, 7) is 7.83. The molecule has 2 saturated heterocycles. The van der Waals surface area contributed by atoms with Crippen molar-refractivity contribution in [3.8, 4) is 0 Å². The predicted octanol–water partition coefficient (Wildman–Crippen LogP) is 5.97. The van der Waals surface area contributed by atoms with Crippen molar-refractivity contribution in [2.45, 2.75) is 81.6 Å². The van der Waals surface area contributed by atoms with Gasteiger partial charge in [0, 0.05) is 44.5 Å². The van der Waals surface area contributed by atoms with Crippen LogP contribution >= 0.6 is 0 Å². The molecule has 6 rings (SSSR count). The first-order valence-electron chi connectivity index (χ1n) is 17.3. The van der Waals surface area contributed by atoms with Crippen molar-refractivity contribution in [3.63, 3.8) is 0 Å². The zero-order valence-corrected chi connectivity index (χ0v) is 28.6. The number of nitrogens with zero attached hydrogens (tertiary/aromatic N) is 4. The highest BCUT2D eigenvalue weighted by Gasteiger charge is 2.44. The lowest BCUT2D eigenvalue weighted by Gasteiger charge is -2.37. The molecule has 2 aliphatic heterocycles. The summed E-state index contributed by atoms with van der Waals surface area (Å²) in [6.07, 6.45) is 10.9. The number of carboxylic acids is 1. The van der Waals surface area contributed by atoms with Crippen LogP contribution in [0.3, 0.4) is 0 Å². The van der Waals surface area contributed by atoms with Gasteiger partial charge in [0.1, 0.15) is 5.82 Å². The highest BCUT2D eigenvalue weighted by Crippen LogP contribution is 2.41. The lowest BCUT2D eigenvalue weighted by Crippen LogP contribution is -2.44. The Labute approximate surface area is 278 Å². The van der Waals surface area contributed by atoms with Crippen molar-refractivity contribution in [2.24, 2.45) is 11.3 Å². The number of aliphatic carboxylic acids is 1. The third-order valence-electron chi connectivity index (χ3n) is 11.0. The van der Waals surface area contributed by atoms with E-state index in [0.29, 0.717) is 29.8 Å². The van der Waals surface area contributed by atoms with E-state index in [-0.39, 0.29) is 11.7 Å². The van der Waals surface area contributed by atoms with Crippen molar-refractivity contribution in [2.75, 3.05) is 45.5 Å². The summed E-state index contributed by atoms with van der Waals surface area (Å²) in [5.74, 6) is 0.0427. The van der Waals surface area contributed by atoms with Gasteiger partial charge < -0.3 is 14.9 Å². The molecule has 1 aromatic heterocycles. The van der Waals surface area contributed by atoms with E-state index in [2.05, 4.69) is 22.9 Å². The summed E-state index contributed by atoms with van der Waals surface area (Å²) < 4.78 is 40.0. The molecule has 0 unspecified atom stereocenters. The Bertz CT molecular complexity index is 1640. The minimum Gasteiger partial charge on any atom is -0.481 e. The van der Waals surface area contributed by atoms with Crippen LogP contribution in [-0.4, -0.2) is 84.6 Å². The third-order valence-corrected chi connectivity index (χ3v) is 12.1. The van der Waals surface area contributed by atoms with Crippen LogP contribution < -0.4 is 0 Å². The Hall–Kier alpha value is -3.08. The largest absolute Gasteiger partial charge is 0.481 e. The maximum atomic E-state index is 14.4. The number of hydrogen-bond acceptors (Lipinski definition) is 6. The summed E-state index contributed by atoms with van der Waals surface area (Å²) in [5, 5.41) is 15.2. The minimum absolute atomic E-state index is 0.175. The van der Waals surface area contributed by atoms with E-state index in [9.17, 15) is 22.7 Å². The number of piperidine rings is 1. The Kier molecular flexibility index (Phi) is 10.2. The molecule has 0 amide bonds. The van der Waals surface area contributed by atoms with Gasteiger partial charge in [-0.05, 0) is 98.0 Å². The maximum absolute atomic E-state index is 14.4. The summed E-state index contributed by atoms with van der Waals surface area (Å²) in [5.41, 5.74) is 3.81. The van der Waals surface area contributed by atoms with Gasteiger partial charge in [0.05, 0.1) is 22.5 Å². The molecular weight excluding hydrogens is 615 g/mol. The first-order chi connectivity index (χ1) is 22.5. The summed E-state index contributed by atoms with van der Waals surface area (Å²) in [7, 11) is -3.22. The molecule has 3 aromatic rings. The fourth-order valence-corrected chi connectivity index (χ4v) is 9.08. The van der Waals surface area contributed by atoms with E-state index in [1.165, 1.54) is 17.9 Å². The zero-order chi connectivity index (χ0) is 33.2. The quantitative estimate of drug-likeness (QED) is 0.270. The van der Waals surface area contributed by atoms with Gasteiger partial charge in [0.15, 0.2) is 9.84 Å². The topological polar surface area (TPSA) is 95.7 Å². The number of halogens is 1. The minimum atomic E-state index is -3.22. The molecule has 3 fully saturated rings. The van der Waals surface area contributed by atoms with Gasteiger partial charge in [0.2, 0.25) is 0 Å². The average molecular weight is 665 g/mol. The van der Waals surface area contributed by atoms with Crippen LogP contribution in [0.2, 0.25) is 0 Å². The molecule has 0 radical (unpaired) electrons. The van der Waals surface area contributed by atoms with Gasteiger partial charge >= 0.3 is 5.97 Å². The zero-order valence-electron chi connectivity index (χ0n) is 27.8. The Balaban J connectivity index is 1.11. The number of carboxylic acid groups (broad SMARTS) is 1. The molecule has 254 valence electrons. The monoisotopic (exact) mass is 664 g/mol. The van der Waals surface area contributed by atoms with E-state index >= 15 is 0 Å². The van der Waals surface area contributed by atoms with E-state index in [1.807, 2.05) is 22.9 Å². The molecular formula is C37H49FN4O4S. The second-order valence-electron chi connectivity index (χ2n) is 14.3. The first kappa shape index (κ1) is 33.8. The molecule has 0 spiro atoms. The highest BCUT2D eigenvalue weighted by molar-refractivity contribution is 7.90. The van der Waals surface area contributed by atoms with Crippen LogP contribution in [0, 0.1) is 17.2 Å². The Morgan fingerprint density at radius 2 is 1.74 bits per heavy atom. The van der Waals surface area contributed by atoms with Crippen molar-refractivity contribution in [1.82, 2.24) is 19.6 Å². The van der Waals surface area contributed by atoms with Crippen LogP contribution in [0.15, 0.2) is 59.6 Å². The number of sulfone groups is 1. The average Bonchev–Trinajstić information content (AvgIpc) is 3.65. The summed E-state index contributed by atoms with van der Waals surface area (Å²) in [4.78, 5) is 17.7. The van der Waals surface area contributed by atoms with E-state index in [0.717, 1.165) is 101 Å². The van der Waals surface area contributed by atoms with Gasteiger partial charge in [-0.2, -0.15) is 5.10 Å². The standard InChI is InChI=1S/C37H49FN4O4S/c1-3-35-34(25-42(39-35)21-27-10-12-32(13-11-27)47(2,45)46)28-14-18-40(19-15-28)22-30-23-41(24-33(30)29-8-7-9-31(38)20-29)26-37(36(43)44)16-5-4-6-17-37/h7-13,20,25,28,30,33H,3-6,14-19,21-24,26H2,1-2H3,(H,43,44)/t30-,33+/m0/s1. The van der Waals surface area contributed by atoms with E-state index in [4.69, 9.17) is 5.10 Å². The number of aryl methyl sites for hydroxylation is 1. The Morgan fingerprint density at radius 3 is 2.38 bits per heavy atom. The number of carbonyl (C=O) groups is 1. The van der Waals surface area contributed by atoms with E-state index in [1.54, 1.807) is 24.3 Å². The molecule has 2 aromatic carbocycles. The molecule has 0 bridgehead atoms. The molecule has 8 nitrogen and oxygen atoms in total. The van der Waals surface area contributed by atoms with Crippen LogP contribution in [0.5, 0.6) is 0 Å². The van der Waals surface area contributed by atoms with Crippen LogP contribution in [0.4, 0.5) is 4.39 Å². The second-order valence-corrected chi connectivity index (χ2v) is 16.4. The van der Waals surface area contributed by atoms with Gasteiger partial charge in [-0.15, -0.1) is 0 Å². The van der Waals surface area contributed by atoms with Crippen LogP contribution in [-0.2, 0) is 27.6 Å². The molecule has 1 N–H and O–H groups in total. The van der Waals surface area contributed by atoms with Crippen LogP contribution in [0.1, 0.15) is 86.1 Å². The fraction of sp³-hybridized carbons (Fsp3) is 0.568. The third kappa shape index (κ3) is 7.81. The number of aromatic nitrogens is 2. The van der Waals surface area contributed by atoms with E-state index < -0.39 is 21.2 Å². The normalized spacial score (nSPS) is 22.9. The Morgan fingerprint density at radius 1 is 1.02 bits per heavy atom.